The number of aryl methyl sites for hydroxylation is 1. The highest BCUT2D eigenvalue weighted by Gasteiger charge is 2.18. The van der Waals surface area contributed by atoms with Gasteiger partial charge in [0.1, 0.15) is 11.5 Å². The van der Waals surface area contributed by atoms with Gasteiger partial charge < -0.3 is 9.47 Å². The lowest BCUT2D eigenvalue weighted by Gasteiger charge is -2.12. The Kier molecular flexibility index (Phi) is 4.45. The quantitative estimate of drug-likeness (QED) is 0.792. The number of halogens is 1. The van der Waals surface area contributed by atoms with E-state index in [4.69, 9.17) is 9.47 Å². The van der Waals surface area contributed by atoms with E-state index < -0.39 is 0 Å². The normalized spacial score (nSPS) is 10.2. The van der Waals surface area contributed by atoms with E-state index in [9.17, 15) is 4.79 Å². The summed E-state index contributed by atoms with van der Waals surface area (Å²) in [5, 5.41) is 0. The number of carbonyl (C=O) groups excluding carboxylic acids is 1. The van der Waals surface area contributed by atoms with E-state index in [2.05, 4.69) is 15.9 Å². The van der Waals surface area contributed by atoms with Gasteiger partial charge in [-0.2, -0.15) is 0 Å². The molecule has 0 fully saturated rings. The molecule has 0 bridgehead atoms. The summed E-state index contributed by atoms with van der Waals surface area (Å²) in [5.41, 5.74) is 2.08. The Hall–Kier alpha value is -1.81. The average molecular weight is 335 g/mol. The number of ether oxygens (including phenoxy) is 2. The zero-order valence-electron chi connectivity index (χ0n) is 11.6. The molecule has 2 aromatic carbocycles. The van der Waals surface area contributed by atoms with Gasteiger partial charge in [-0.15, -0.1) is 0 Å². The predicted molar refractivity (Wildman–Crippen MR) is 81.9 cm³/mol. The third-order valence-corrected chi connectivity index (χ3v) is 3.73. The van der Waals surface area contributed by atoms with Crippen LogP contribution in [0.2, 0.25) is 0 Å². The van der Waals surface area contributed by atoms with Gasteiger partial charge in [-0.25, -0.2) is 0 Å². The van der Waals surface area contributed by atoms with Crippen molar-refractivity contribution in [2.75, 3.05) is 14.2 Å². The van der Waals surface area contributed by atoms with Crippen LogP contribution in [-0.4, -0.2) is 20.0 Å². The Morgan fingerprint density at radius 1 is 1.00 bits per heavy atom. The third-order valence-electron chi connectivity index (χ3n) is 3.11. The maximum Gasteiger partial charge on any atom is 0.197 e. The number of hydrogen-bond acceptors (Lipinski definition) is 3. The predicted octanol–water partition coefficient (Wildman–Crippen LogP) is 4.01. The van der Waals surface area contributed by atoms with Crippen molar-refractivity contribution in [3.8, 4) is 11.5 Å². The van der Waals surface area contributed by atoms with Crippen molar-refractivity contribution in [1.82, 2.24) is 0 Å². The number of hydrogen-bond donors (Lipinski definition) is 0. The van der Waals surface area contributed by atoms with Gasteiger partial charge in [0.25, 0.3) is 0 Å². The van der Waals surface area contributed by atoms with Crippen molar-refractivity contribution in [3.63, 3.8) is 0 Å². The molecule has 0 spiro atoms. The Morgan fingerprint density at radius 2 is 1.65 bits per heavy atom. The molecule has 104 valence electrons. The lowest BCUT2D eigenvalue weighted by atomic mass is 9.98. The second kappa shape index (κ2) is 6.09. The second-order valence-electron chi connectivity index (χ2n) is 4.33. The molecule has 0 aliphatic rings. The zero-order chi connectivity index (χ0) is 14.7. The summed E-state index contributed by atoms with van der Waals surface area (Å²) in [7, 11) is 3.11. The molecule has 0 aromatic heterocycles. The second-order valence-corrected chi connectivity index (χ2v) is 5.19. The molecule has 0 atom stereocenters. The first-order chi connectivity index (χ1) is 9.58. The van der Waals surface area contributed by atoms with Gasteiger partial charge in [-0.3, -0.25) is 4.79 Å². The molecular weight excluding hydrogens is 320 g/mol. The van der Waals surface area contributed by atoms with Crippen LogP contribution in [0.3, 0.4) is 0 Å². The smallest absolute Gasteiger partial charge is 0.197 e. The first-order valence-electron chi connectivity index (χ1n) is 6.10. The average Bonchev–Trinajstić information content (AvgIpc) is 2.46. The molecular formula is C16H15BrO3. The fourth-order valence-electron chi connectivity index (χ4n) is 2.01. The first-order valence-corrected chi connectivity index (χ1v) is 6.89. The van der Waals surface area contributed by atoms with Crippen LogP contribution in [0.15, 0.2) is 40.9 Å². The molecule has 0 heterocycles. The third kappa shape index (κ3) is 2.70. The lowest BCUT2D eigenvalue weighted by Crippen LogP contribution is -2.06. The molecule has 0 aliphatic heterocycles. The molecule has 20 heavy (non-hydrogen) atoms. The van der Waals surface area contributed by atoms with Crippen molar-refractivity contribution in [3.05, 3.63) is 57.6 Å². The molecule has 2 aromatic rings. The van der Waals surface area contributed by atoms with Gasteiger partial charge in [0.15, 0.2) is 5.78 Å². The highest BCUT2D eigenvalue weighted by Crippen LogP contribution is 2.34. The molecule has 0 N–H and O–H groups in total. The fraction of sp³-hybridized carbons (Fsp3) is 0.188. The molecule has 4 heteroatoms. The highest BCUT2D eigenvalue weighted by atomic mass is 79.9. The largest absolute Gasteiger partial charge is 0.496 e. The number of carbonyl (C=O) groups is 1. The van der Waals surface area contributed by atoms with Gasteiger partial charge in [0.05, 0.1) is 24.3 Å². The summed E-state index contributed by atoms with van der Waals surface area (Å²) in [4.78, 5) is 12.7. The van der Waals surface area contributed by atoms with Crippen LogP contribution in [0.1, 0.15) is 21.5 Å². The van der Waals surface area contributed by atoms with E-state index in [-0.39, 0.29) is 5.78 Å². The van der Waals surface area contributed by atoms with Crippen LogP contribution in [-0.2, 0) is 0 Å². The van der Waals surface area contributed by atoms with Crippen molar-refractivity contribution in [2.24, 2.45) is 0 Å². The van der Waals surface area contributed by atoms with Crippen molar-refractivity contribution >= 4 is 21.7 Å². The fourth-order valence-corrected chi connectivity index (χ4v) is 2.49. The van der Waals surface area contributed by atoms with Crippen LogP contribution in [0, 0.1) is 6.92 Å². The van der Waals surface area contributed by atoms with E-state index >= 15 is 0 Å². The zero-order valence-corrected chi connectivity index (χ0v) is 13.2. The van der Waals surface area contributed by atoms with Crippen LogP contribution in [0.5, 0.6) is 11.5 Å². The summed E-state index contributed by atoms with van der Waals surface area (Å²) in [6.07, 6.45) is 0. The molecule has 0 unspecified atom stereocenters. The summed E-state index contributed by atoms with van der Waals surface area (Å²) < 4.78 is 11.3. The summed E-state index contributed by atoms with van der Waals surface area (Å²) in [5.74, 6) is 1.04. The van der Waals surface area contributed by atoms with Gasteiger partial charge in [-0.05, 0) is 40.5 Å². The lowest BCUT2D eigenvalue weighted by molar-refractivity contribution is 0.103. The molecule has 0 saturated carbocycles. The molecule has 3 nitrogen and oxygen atoms in total. The molecule has 2 rings (SSSR count). The number of rotatable bonds is 4. The van der Waals surface area contributed by atoms with Gasteiger partial charge in [0, 0.05) is 5.56 Å². The highest BCUT2D eigenvalue weighted by molar-refractivity contribution is 9.10. The van der Waals surface area contributed by atoms with Crippen molar-refractivity contribution in [2.45, 2.75) is 6.92 Å². The first kappa shape index (κ1) is 14.6. The standard InChI is InChI=1S/C16H15BrO3/c1-10-6-4-5-7-11(10)16(18)12-8-15(20-3)13(17)9-14(12)19-2/h4-9H,1-3H3. The van der Waals surface area contributed by atoms with E-state index in [1.807, 2.05) is 31.2 Å². The van der Waals surface area contributed by atoms with Crippen LogP contribution >= 0.6 is 15.9 Å². The molecule has 0 saturated heterocycles. The number of ketones is 1. The molecule has 0 radical (unpaired) electrons. The van der Waals surface area contributed by atoms with Crippen molar-refractivity contribution in [1.29, 1.82) is 0 Å². The minimum Gasteiger partial charge on any atom is -0.496 e. The number of benzene rings is 2. The SMILES string of the molecule is COc1cc(C(=O)c2ccccc2C)c(OC)cc1Br. The van der Waals surface area contributed by atoms with Crippen LogP contribution < -0.4 is 9.47 Å². The summed E-state index contributed by atoms with van der Waals surface area (Å²) in [6, 6.07) is 10.9. The van der Waals surface area contributed by atoms with Gasteiger partial charge in [-0.1, -0.05) is 24.3 Å². The minimum atomic E-state index is -0.0780. The monoisotopic (exact) mass is 334 g/mol. The minimum absolute atomic E-state index is 0.0780. The summed E-state index contributed by atoms with van der Waals surface area (Å²) >= 11 is 3.39. The van der Waals surface area contributed by atoms with Gasteiger partial charge in [0.2, 0.25) is 0 Å². The van der Waals surface area contributed by atoms with Crippen LogP contribution in [0.25, 0.3) is 0 Å². The molecule has 0 aliphatic carbocycles. The number of methoxy groups -OCH3 is 2. The van der Waals surface area contributed by atoms with Gasteiger partial charge >= 0.3 is 0 Å². The van der Waals surface area contributed by atoms with E-state index in [0.29, 0.717) is 22.6 Å². The Balaban J connectivity index is 2.57. The van der Waals surface area contributed by atoms with Crippen molar-refractivity contribution < 1.29 is 14.3 Å². The molecule has 0 amide bonds. The van der Waals surface area contributed by atoms with E-state index in [1.54, 1.807) is 26.4 Å². The Morgan fingerprint density at radius 3 is 2.25 bits per heavy atom. The Bertz CT molecular complexity index is 650. The maximum atomic E-state index is 12.7. The maximum absolute atomic E-state index is 12.7. The van der Waals surface area contributed by atoms with Crippen LogP contribution in [0.4, 0.5) is 0 Å². The van der Waals surface area contributed by atoms with E-state index in [0.717, 1.165) is 10.0 Å². The van der Waals surface area contributed by atoms with E-state index in [1.165, 1.54) is 0 Å². The topological polar surface area (TPSA) is 35.5 Å². The Labute approximate surface area is 126 Å². The summed E-state index contributed by atoms with van der Waals surface area (Å²) in [6.45, 7) is 1.91.